The fourth-order valence-corrected chi connectivity index (χ4v) is 4.05. The Morgan fingerprint density at radius 3 is 2.34 bits per heavy atom. The summed E-state index contributed by atoms with van der Waals surface area (Å²) >= 11 is 5.89. The Morgan fingerprint density at radius 2 is 1.76 bits per heavy atom. The number of carboxylic acid groups (broad SMARTS) is 1. The summed E-state index contributed by atoms with van der Waals surface area (Å²) in [5.74, 6) is -2.11. The number of aliphatic carboxylic acids is 1. The van der Waals surface area contributed by atoms with Crippen molar-refractivity contribution in [2.45, 2.75) is 45.1 Å². The fraction of sp³-hybridized carbons (Fsp3) is 0.348. The average Bonchev–Trinajstić information content (AvgIpc) is 2.70. The van der Waals surface area contributed by atoms with Crippen LogP contribution in [0.4, 0.5) is 0 Å². The maximum atomic E-state index is 12.9. The van der Waals surface area contributed by atoms with Crippen molar-refractivity contribution in [1.82, 2.24) is 4.90 Å². The van der Waals surface area contributed by atoms with Gasteiger partial charge in [0.2, 0.25) is 11.8 Å². The Kier molecular flexibility index (Phi) is 6.08. The lowest BCUT2D eigenvalue weighted by Gasteiger charge is -2.51. The Labute approximate surface area is 175 Å². The van der Waals surface area contributed by atoms with Crippen LogP contribution < -0.4 is 0 Å². The van der Waals surface area contributed by atoms with E-state index in [9.17, 15) is 19.5 Å². The summed E-state index contributed by atoms with van der Waals surface area (Å²) in [7, 11) is 0. The van der Waals surface area contributed by atoms with Crippen LogP contribution in [-0.4, -0.2) is 33.8 Å². The van der Waals surface area contributed by atoms with Crippen molar-refractivity contribution < 1.29 is 19.5 Å². The molecule has 1 aliphatic heterocycles. The van der Waals surface area contributed by atoms with Crippen LogP contribution in [0.15, 0.2) is 54.6 Å². The van der Waals surface area contributed by atoms with Gasteiger partial charge in [0, 0.05) is 11.4 Å². The topological polar surface area (TPSA) is 74.7 Å². The summed E-state index contributed by atoms with van der Waals surface area (Å²) in [6, 6.07) is 15.6. The number of carboxylic acids is 1. The lowest BCUT2D eigenvalue weighted by atomic mass is 9.68. The lowest BCUT2D eigenvalue weighted by molar-refractivity contribution is -0.188. The number of β-lactam (4-membered cyclic amide) rings is 1. The SMILES string of the molecule is C[C@@H](CC(=O)N1C(=O)[C@](C)(CCc2ccc(Cl)cc2)[C@H]1C(=O)O)c1ccccc1. The first kappa shape index (κ1) is 21.1. The number of carbonyl (C=O) groups excluding carboxylic acids is 2. The number of rotatable bonds is 7. The number of nitrogens with zero attached hydrogens (tertiary/aromatic N) is 1. The molecule has 2 aromatic carbocycles. The van der Waals surface area contributed by atoms with E-state index in [0.29, 0.717) is 17.9 Å². The van der Waals surface area contributed by atoms with Crippen LogP contribution in [0.1, 0.15) is 43.7 Å². The van der Waals surface area contributed by atoms with Gasteiger partial charge in [-0.15, -0.1) is 0 Å². The third-order valence-electron chi connectivity index (χ3n) is 5.77. The zero-order valence-electron chi connectivity index (χ0n) is 16.5. The highest BCUT2D eigenvalue weighted by molar-refractivity contribution is 6.30. The van der Waals surface area contributed by atoms with Crippen LogP contribution >= 0.6 is 11.6 Å². The number of aryl methyl sites for hydroxylation is 1. The number of hydrogen-bond acceptors (Lipinski definition) is 3. The van der Waals surface area contributed by atoms with Crippen LogP contribution in [-0.2, 0) is 20.8 Å². The third kappa shape index (κ3) is 4.20. The molecule has 1 fully saturated rings. The number of likely N-dealkylation sites (tertiary alicyclic amines) is 1. The molecule has 1 aliphatic rings. The van der Waals surface area contributed by atoms with Crippen molar-refractivity contribution in [2.75, 3.05) is 0 Å². The minimum Gasteiger partial charge on any atom is -0.480 e. The van der Waals surface area contributed by atoms with Gasteiger partial charge in [-0.2, -0.15) is 0 Å². The monoisotopic (exact) mass is 413 g/mol. The van der Waals surface area contributed by atoms with Crippen molar-refractivity contribution in [3.63, 3.8) is 0 Å². The van der Waals surface area contributed by atoms with Gasteiger partial charge in [0.1, 0.15) is 0 Å². The van der Waals surface area contributed by atoms with Crippen LogP contribution in [0.5, 0.6) is 0 Å². The maximum Gasteiger partial charge on any atom is 0.328 e. The van der Waals surface area contributed by atoms with Gasteiger partial charge in [0.05, 0.1) is 5.41 Å². The number of halogens is 1. The first-order chi connectivity index (χ1) is 13.7. The molecule has 0 saturated carbocycles. The van der Waals surface area contributed by atoms with Crippen molar-refractivity contribution >= 4 is 29.4 Å². The molecule has 2 amide bonds. The molecule has 2 aromatic rings. The van der Waals surface area contributed by atoms with Crippen molar-refractivity contribution in [3.8, 4) is 0 Å². The molecule has 0 aromatic heterocycles. The molecule has 0 radical (unpaired) electrons. The van der Waals surface area contributed by atoms with E-state index in [4.69, 9.17) is 11.6 Å². The van der Waals surface area contributed by atoms with Gasteiger partial charge in [-0.25, -0.2) is 4.79 Å². The zero-order valence-corrected chi connectivity index (χ0v) is 17.2. The van der Waals surface area contributed by atoms with Crippen LogP contribution in [0.2, 0.25) is 5.02 Å². The van der Waals surface area contributed by atoms with E-state index in [-0.39, 0.29) is 12.3 Å². The summed E-state index contributed by atoms with van der Waals surface area (Å²) in [4.78, 5) is 38.5. The van der Waals surface area contributed by atoms with Gasteiger partial charge >= 0.3 is 5.97 Å². The van der Waals surface area contributed by atoms with E-state index >= 15 is 0 Å². The predicted octanol–water partition coefficient (Wildman–Crippen LogP) is 4.29. The van der Waals surface area contributed by atoms with Crippen molar-refractivity contribution in [3.05, 3.63) is 70.7 Å². The third-order valence-corrected chi connectivity index (χ3v) is 6.02. The van der Waals surface area contributed by atoms with Crippen molar-refractivity contribution in [2.24, 2.45) is 5.41 Å². The zero-order chi connectivity index (χ0) is 21.2. The Morgan fingerprint density at radius 1 is 1.14 bits per heavy atom. The van der Waals surface area contributed by atoms with E-state index in [0.717, 1.165) is 16.0 Å². The molecule has 0 bridgehead atoms. The Hall–Kier alpha value is -2.66. The summed E-state index contributed by atoms with van der Waals surface area (Å²) in [5.41, 5.74) is 0.846. The molecule has 3 rings (SSSR count). The molecule has 0 unspecified atom stereocenters. The number of carbonyl (C=O) groups is 3. The first-order valence-corrected chi connectivity index (χ1v) is 10.0. The minimum atomic E-state index is -1.15. The Balaban J connectivity index is 1.70. The largest absolute Gasteiger partial charge is 0.480 e. The van der Waals surface area contributed by atoms with E-state index in [1.165, 1.54) is 0 Å². The van der Waals surface area contributed by atoms with Gasteiger partial charge in [-0.1, -0.05) is 61.0 Å². The lowest BCUT2D eigenvalue weighted by Crippen LogP contribution is -2.72. The normalized spacial score (nSPS) is 22.1. The predicted molar refractivity (Wildman–Crippen MR) is 111 cm³/mol. The smallest absolute Gasteiger partial charge is 0.328 e. The van der Waals surface area contributed by atoms with Gasteiger partial charge in [0.15, 0.2) is 6.04 Å². The molecule has 5 nitrogen and oxygen atoms in total. The van der Waals surface area contributed by atoms with E-state index in [1.807, 2.05) is 49.4 Å². The number of hydrogen-bond donors (Lipinski definition) is 1. The molecule has 0 aliphatic carbocycles. The Bertz CT molecular complexity index is 912. The number of amides is 2. The molecule has 29 heavy (non-hydrogen) atoms. The fourth-order valence-electron chi connectivity index (χ4n) is 3.93. The van der Waals surface area contributed by atoms with Gasteiger partial charge in [0.25, 0.3) is 0 Å². The number of benzene rings is 2. The van der Waals surface area contributed by atoms with Gasteiger partial charge < -0.3 is 5.11 Å². The standard InChI is InChI=1S/C23H24ClNO4/c1-15(17-6-4-3-5-7-17)14-19(26)25-20(21(27)28)23(2,22(25)29)13-12-16-8-10-18(24)11-9-16/h3-11,15,20H,12-14H2,1-2H3,(H,27,28)/t15-,20+,23+/m0/s1. The maximum absolute atomic E-state index is 12.9. The highest BCUT2D eigenvalue weighted by atomic mass is 35.5. The molecular weight excluding hydrogens is 390 g/mol. The highest BCUT2D eigenvalue weighted by Crippen LogP contribution is 2.44. The van der Waals surface area contributed by atoms with E-state index < -0.39 is 29.2 Å². The quantitative estimate of drug-likeness (QED) is 0.687. The second kappa shape index (κ2) is 8.37. The molecule has 1 N–H and O–H groups in total. The van der Waals surface area contributed by atoms with Crippen LogP contribution in [0, 0.1) is 5.41 Å². The van der Waals surface area contributed by atoms with Gasteiger partial charge in [-0.3, -0.25) is 14.5 Å². The molecule has 152 valence electrons. The molecule has 1 saturated heterocycles. The molecule has 0 spiro atoms. The second-order valence-electron chi connectivity index (χ2n) is 7.87. The van der Waals surface area contributed by atoms with Gasteiger partial charge in [-0.05, 0) is 48.9 Å². The summed E-state index contributed by atoms with van der Waals surface area (Å²) in [5, 5.41) is 10.3. The van der Waals surface area contributed by atoms with Crippen molar-refractivity contribution in [1.29, 1.82) is 0 Å². The van der Waals surface area contributed by atoms with Crippen LogP contribution in [0.3, 0.4) is 0 Å². The summed E-state index contributed by atoms with van der Waals surface area (Å²) < 4.78 is 0. The molecule has 3 atom stereocenters. The molecule has 6 heteroatoms. The minimum absolute atomic E-state index is 0.0901. The summed E-state index contributed by atoms with van der Waals surface area (Å²) in [6.07, 6.45) is 0.973. The summed E-state index contributed by atoms with van der Waals surface area (Å²) in [6.45, 7) is 3.53. The second-order valence-corrected chi connectivity index (χ2v) is 8.31. The molecule has 1 heterocycles. The molecular formula is C23H24ClNO4. The van der Waals surface area contributed by atoms with E-state index in [1.54, 1.807) is 19.1 Å². The highest BCUT2D eigenvalue weighted by Gasteiger charge is 2.62. The van der Waals surface area contributed by atoms with Crippen LogP contribution in [0.25, 0.3) is 0 Å². The number of imide groups is 1. The first-order valence-electron chi connectivity index (χ1n) is 9.62. The average molecular weight is 414 g/mol. The van der Waals surface area contributed by atoms with E-state index in [2.05, 4.69) is 0 Å².